The van der Waals surface area contributed by atoms with Crippen molar-refractivity contribution >= 4 is 0 Å². The molecule has 1 atom stereocenters. The van der Waals surface area contributed by atoms with Crippen LogP contribution < -0.4 is 0 Å². The number of hydrogen-bond acceptors (Lipinski definition) is 0. The van der Waals surface area contributed by atoms with Crippen molar-refractivity contribution in [1.29, 1.82) is 0 Å². The molecule has 0 aliphatic rings. The first-order valence-corrected chi connectivity index (χ1v) is 9.41. The summed E-state index contributed by atoms with van der Waals surface area (Å²) in [5.74, 6) is 0. The van der Waals surface area contributed by atoms with Crippen LogP contribution in [0.2, 0.25) is 0 Å². The van der Waals surface area contributed by atoms with Gasteiger partial charge in [0, 0.05) is 12.0 Å². The molecule has 0 spiro atoms. The Balaban J connectivity index is 2.23. The Bertz CT molecular complexity index is 363. The van der Waals surface area contributed by atoms with E-state index < -0.39 is 0 Å². The van der Waals surface area contributed by atoms with Crippen LogP contribution in [0, 0.1) is 0 Å². The van der Waals surface area contributed by atoms with E-state index in [4.69, 9.17) is 0 Å². The Morgan fingerprint density at radius 2 is 1.23 bits per heavy atom. The van der Waals surface area contributed by atoms with Crippen molar-refractivity contribution in [3.05, 3.63) is 35.9 Å². The van der Waals surface area contributed by atoms with E-state index in [2.05, 4.69) is 58.4 Å². The molecule has 0 saturated heterocycles. The SMILES string of the molecule is CCCCCCCCCCC[C@H](c1ccccc1)[N+](C)(C)C. The summed E-state index contributed by atoms with van der Waals surface area (Å²) < 4.78 is 1.03. The van der Waals surface area contributed by atoms with Crippen LogP contribution in [0.3, 0.4) is 0 Å². The summed E-state index contributed by atoms with van der Waals surface area (Å²) in [5, 5.41) is 0. The third kappa shape index (κ3) is 7.98. The molecule has 1 heteroatoms. The van der Waals surface area contributed by atoms with Gasteiger partial charge in [-0.25, -0.2) is 0 Å². The van der Waals surface area contributed by atoms with Crippen molar-refractivity contribution in [2.45, 2.75) is 77.2 Å². The zero-order chi connectivity index (χ0) is 16.3. The van der Waals surface area contributed by atoms with Gasteiger partial charge >= 0.3 is 0 Å². The maximum absolute atomic E-state index is 2.32. The average molecular weight is 305 g/mol. The zero-order valence-electron chi connectivity index (χ0n) is 15.5. The van der Waals surface area contributed by atoms with Crippen LogP contribution in [0.5, 0.6) is 0 Å². The highest BCUT2D eigenvalue weighted by molar-refractivity contribution is 5.17. The van der Waals surface area contributed by atoms with E-state index in [1.54, 1.807) is 0 Å². The molecule has 0 amide bonds. The molecule has 0 aliphatic carbocycles. The summed E-state index contributed by atoms with van der Waals surface area (Å²) in [4.78, 5) is 0. The van der Waals surface area contributed by atoms with Gasteiger partial charge in [0.05, 0.1) is 21.1 Å². The van der Waals surface area contributed by atoms with Gasteiger partial charge in [-0.15, -0.1) is 0 Å². The number of rotatable bonds is 12. The summed E-state index contributed by atoms with van der Waals surface area (Å²) in [6.45, 7) is 2.29. The van der Waals surface area contributed by atoms with E-state index in [-0.39, 0.29) is 0 Å². The number of hydrogen-bond donors (Lipinski definition) is 0. The molecule has 0 N–H and O–H groups in total. The van der Waals surface area contributed by atoms with Crippen molar-refractivity contribution < 1.29 is 4.48 Å². The van der Waals surface area contributed by atoms with Gasteiger partial charge in [-0.2, -0.15) is 0 Å². The Labute approximate surface area is 139 Å². The minimum Gasteiger partial charge on any atom is -0.325 e. The Hall–Kier alpha value is -0.820. The highest BCUT2D eigenvalue weighted by atomic mass is 15.3. The first-order chi connectivity index (χ1) is 10.6. The molecule has 0 aliphatic heterocycles. The molecule has 126 valence electrons. The van der Waals surface area contributed by atoms with E-state index in [0.717, 1.165) is 4.48 Å². The van der Waals surface area contributed by atoms with E-state index >= 15 is 0 Å². The molecular weight excluding hydrogens is 266 g/mol. The molecule has 1 aromatic carbocycles. The minimum atomic E-state index is 0.630. The topological polar surface area (TPSA) is 0 Å². The van der Waals surface area contributed by atoms with Crippen LogP contribution in [-0.4, -0.2) is 25.6 Å². The predicted octanol–water partition coefficient (Wildman–Crippen LogP) is 6.35. The fourth-order valence-electron chi connectivity index (χ4n) is 3.32. The first-order valence-electron chi connectivity index (χ1n) is 9.41. The van der Waals surface area contributed by atoms with Gasteiger partial charge in [-0.1, -0.05) is 88.6 Å². The van der Waals surface area contributed by atoms with Crippen LogP contribution in [0.15, 0.2) is 30.3 Å². The second-order valence-electron chi connectivity index (χ2n) is 7.66. The van der Waals surface area contributed by atoms with Crippen LogP contribution in [-0.2, 0) is 0 Å². The van der Waals surface area contributed by atoms with Crippen LogP contribution in [0.1, 0.15) is 82.7 Å². The molecule has 1 nitrogen and oxygen atoms in total. The van der Waals surface area contributed by atoms with Gasteiger partial charge in [0.15, 0.2) is 0 Å². The molecule has 1 aromatic rings. The highest BCUT2D eigenvalue weighted by Gasteiger charge is 2.24. The minimum absolute atomic E-state index is 0.630. The maximum atomic E-state index is 2.32. The molecule has 0 unspecified atom stereocenters. The van der Waals surface area contributed by atoms with Crippen LogP contribution >= 0.6 is 0 Å². The molecule has 1 rings (SSSR count). The number of unbranched alkanes of at least 4 members (excludes halogenated alkanes) is 8. The Morgan fingerprint density at radius 1 is 0.727 bits per heavy atom. The molecule has 0 fully saturated rings. The van der Waals surface area contributed by atoms with Gasteiger partial charge in [0.2, 0.25) is 0 Å². The predicted molar refractivity (Wildman–Crippen MR) is 99.1 cm³/mol. The third-order valence-corrected chi connectivity index (χ3v) is 4.70. The molecule has 0 aromatic heterocycles. The van der Waals surface area contributed by atoms with E-state index in [1.165, 1.54) is 69.8 Å². The van der Waals surface area contributed by atoms with Crippen LogP contribution in [0.4, 0.5) is 0 Å². The number of nitrogens with zero attached hydrogens (tertiary/aromatic N) is 1. The lowest BCUT2D eigenvalue weighted by Gasteiger charge is -2.34. The third-order valence-electron chi connectivity index (χ3n) is 4.70. The maximum Gasteiger partial charge on any atom is 0.114 e. The standard InChI is InChI=1S/C21H38N/c1-5-6-7-8-9-10-11-12-16-19-21(22(2,3)4)20-17-14-13-15-18-20/h13-15,17-18,21H,5-12,16,19H2,1-4H3/q+1/t21-/m1/s1. The quantitative estimate of drug-likeness (QED) is 0.311. The monoisotopic (exact) mass is 304 g/mol. The van der Waals surface area contributed by atoms with Gasteiger partial charge in [0.25, 0.3) is 0 Å². The lowest BCUT2D eigenvalue weighted by atomic mass is 9.97. The summed E-state index contributed by atoms with van der Waals surface area (Å²) in [7, 11) is 6.97. The van der Waals surface area contributed by atoms with Crippen LogP contribution in [0.25, 0.3) is 0 Å². The lowest BCUT2D eigenvalue weighted by Crippen LogP contribution is -2.38. The van der Waals surface area contributed by atoms with E-state index in [1.807, 2.05) is 0 Å². The molecule has 22 heavy (non-hydrogen) atoms. The molecule has 0 radical (unpaired) electrons. The smallest absolute Gasteiger partial charge is 0.114 e. The van der Waals surface area contributed by atoms with Gasteiger partial charge in [-0.05, 0) is 6.42 Å². The van der Waals surface area contributed by atoms with Gasteiger partial charge < -0.3 is 4.48 Å². The summed E-state index contributed by atoms with van der Waals surface area (Å²) in [6, 6.07) is 11.7. The molecule has 0 bridgehead atoms. The summed E-state index contributed by atoms with van der Waals surface area (Å²) in [6.07, 6.45) is 14.0. The van der Waals surface area contributed by atoms with Crippen molar-refractivity contribution in [1.82, 2.24) is 0 Å². The van der Waals surface area contributed by atoms with Crippen molar-refractivity contribution in [2.75, 3.05) is 21.1 Å². The first kappa shape index (κ1) is 19.2. The molecular formula is C21H38N+. The second-order valence-corrected chi connectivity index (χ2v) is 7.66. The van der Waals surface area contributed by atoms with Gasteiger partial charge in [0.1, 0.15) is 6.04 Å². The molecule has 0 heterocycles. The largest absolute Gasteiger partial charge is 0.325 e. The average Bonchev–Trinajstić information content (AvgIpc) is 2.49. The van der Waals surface area contributed by atoms with Crippen molar-refractivity contribution in [2.24, 2.45) is 0 Å². The van der Waals surface area contributed by atoms with Crippen molar-refractivity contribution in [3.63, 3.8) is 0 Å². The summed E-state index contributed by atoms with van der Waals surface area (Å²) >= 11 is 0. The normalized spacial score (nSPS) is 13.3. The van der Waals surface area contributed by atoms with Gasteiger partial charge in [-0.3, -0.25) is 0 Å². The number of benzene rings is 1. The second kappa shape index (κ2) is 10.8. The summed E-state index contributed by atoms with van der Waals surface area (Å²) in [5.41, 5.74) is 1.49. The van der Waals surface area contributed by atoms with Crippen molar-refractivity contribution in [3.8, 4) is 0 Å². The van der Waals surface area contributed by atoms with E-state index in [0.29, 0.717) is 6.04 Å². The Kier molecular flexibility index (Phi) is 9.47. The fraction of sp³-hybridized carbons (Fsp3) is 0.714. The van der Waals surface area contributed by atoms with E-state index in [9.17, 15) is 0 Å². The molecule has 0 saturated carbocycles. The Morgan fingerprint density at radius 3 is 1.73 bits per heavy atom. The highest BCUT2D eigenvalue weighted by Crippen LogP contribution is 2.29. The fourth-order valence-corrected chi connectivity index (χ4v) is 3.32. The zero-order valence-corrected chi connectivity index (χ0v) is 15.5. The lowest BCUT2D eigenvalue weighted by molar-refractivity contribution is -0.902. The number of quaternary nitrogens is 1.